The second kappa shape index (κ2) is 8.67. The molecule has 1 aromatic heterocycles. The summed E-state index contributed by atoms with van der Waals surface area (Å²) in [4.78, 5) is 12.5. The van der Waals surface area contributed by atoms with Crippen LogP contribution in [0, 0.1) is 0 Å². The molecule has 1 aliphatic heterocycles. The van der Waals surface area contributed by atoms with Gasteiger partial charge in [-0.05, 0) is 25.5 Å². The first-order valence-electron chi connectivity index (χ1n) is 8.33. The van der Waals surface area contributed by atoms with Crippen molar-refractivity contribution in [3.05, 3.63) is 29.1 Å². The van der Waals surface area contributed by atoms with Crippen LogP contribution in [0.25, 0.3) is 10.1 Å². The number of esters is 1. The van der Waals surface area contributed by atoms with Crippen molar-refractivity contribution in [1.29, 1.82) is 0 Å². The summed E-state index contributed by atoms with van der Waals surface area (Å²) in [5, 5.41) is 3.80. The molecule has 1 N–H and O–H groups in total. The molecule has 0 spiro atoms. The topological polar surface area (TPSA) is 75.7 Å². The molecule has 3 rings (SSSR count). The van der Waals surface area contributed by atoms with Crippen LogP contribution in [0.5, 0.6) is 0 Å². The van der Waals surface area contributed by atoms with Crippen LogP contribution in [-0.2, 0) is 14.8 Å². The van der Waals surface area contributed by atoms with Gasteiger partial charge in [-0.1, -0.05) is 25.1 Å². The van der Waals surface area contributed by atoms with E-state index in [1.165, 1.54) is 18.4 Å². The van der Waals surface area contributed by atoms with Crippen molar-refractivity contribution in [2.24, 2.45) is 0 Å². The van der Waals surface area contributed by atoms with Gasteiger partial charge >= 0.3 is 5.97 Å². The van der Waals surface area contributed by atoms with Crippen LogP contribution < -0.4 is 5.32 Å². The van der Waals surface area contributed by atoms with Crippen LogP contribution >= 0.6 is 23.7 Å². The molecule has 0 saturated carbocycles. The molecule has 2 aromatic rings. The van der Waals surface area contributed by atoms with Crippen molar-refractivity contribution in [1.82, 2.24) is 9.62 Å². The molecule has 26 heavy (non-hydrogen) atoms. The normalized spacial score (nSPS) is 17.4. The molecule has 0 amide bonds. The number of methoxy groups -OCH3 is 1. The summed E-state index contributed by atoms with van der Waals surface area (Å²) in [6.07, 6.45) is 1.49. The molecule has 1 saturated heterocycles. The SMILES string of the molecule is CCCN(C1CCNC1)S(=O)(=O)c1c(C(=O)OC)sc2ccccc12.Cl. The number of thiophene rings is 1. The van der Waals surface area contributed by atoms with Crippen molar-refractivity contribution >= 4 is 49.8 Å². The fraction of sp³-hybridized carbons (Fsp3) is 0.471. The van der Waals surface area contributed by atoms with Crippen molar-refractivity contribution < 1.29 is 17.9 Å². The van der Waals surface area contributed by atoms with Crippen LogP contribution in [0.2, 0.25) is 0 Å². The lowest BCUT2D eigenvalue weighted by atomic mass is 10.2. The van der Waals surface area contributed by atoms with E-state index in [4.69, 9.17) is 4.74 Å². The van der Waals surface area contributed by atoms with Crippen molar-refractivity contribution in [2.45, 2.75) is 30.7 Å². The number of benzene rings is 1. The lowest BCUT2D eigenvalue weighted by Crippen LogP contribution is -2.42. The number of hydrogen-bond acceptors (Lipinski definition) is 6. The van der Waals surface area contributed by atoms with Gasteiger partial charge in [0.05, 0.1) is 7.11 Å². The standard InChI is InChI=1S/C17H22N2O4S2.ClH/c1-3-10-19(12-8-9-18-11-12)25(21,22)16-13-6-4-5-7-14(13)24-15(16)17(20)23-2;/h4-7,12,18H,3,8-11H2,1-2H3;1H. The maximum Gasteiger partial charge on any atom is 0.349 e. The van der Waals surface area contributed by atoms with Crippen molar-refractivity contribution in [3.8, 4) is 0 Å². The second-order valence-corrected chi connectivity index (χ2v) is 8.89. The highest BCUT2D eigenvalue weighted by molar-refractivity contribution is 7.89. The lowest BCUT2D eigenvalue weighted by molar-refractivity contribution is 0.0602. The minimum atomic E-state index is -3.81. The summed E-state index contributed by atoms with van der Waals surface area (Å²) in [7, 11) is -2.54. The summed E-state index contributed by atoms with van der Waals surface area (Å²) >= 11 is 1.17. The molecule has 1 fully saturated rings. The first-order chi connectivity index (χ1) is 12.0. The molecule has 1 unspecified atom stereocenters. The van der Waals surface area contributed by atoms with E-state index in [1.807, 2.05) is 19.1 Å². The summed E-state index contributed by atoms with van der Waals surface area (Å²) in [5.74, 6) is -0.610. The van der Waals surface area contributed by atoms with Gasteiger partial charge in [-0.2, -0.15) is 4.31 Å². The molecular weight excluding hydrogens is 396 g/mol. The molecule has 2 heterocycles. The van der Waals surface area contributed by atoms with Gasteiger partial charge in [-0.25, -0.2) is 13.2 Å². The highest BCUT2D eigenvalue weighted by Gasteiger charge is 2.37. The molecular formula is C17H23ClN2O4S2. The van der Waals surface area contributed by atoms with E-state index in [-0.39, 0.29) is 28.2 Å². The number of ether oxygens (including phenoxy) is 1. The van der Waals surface area contributed by atoms with E-state index in [9.17, 15) is 13.2 Å². The molecule has 1 atom stereocenters. The molecule has 9 heteroatoms. The average molecular weight is 419 g/mol. The molecule has 144 valence electrons. The Kier molecular flexibility index (Phi) is 7.04. The first kappa shape index (κ1) is 21.1. The van der Waals surface area contributed by atoms with Crippen LogP contribution in [-0.4, -0.2) is 51.5 Å². The monoisotopic (exact) mass is 418 g/mol. The maximum atomic E-state index is 13.5. The highest BCUT2D eigenvalue weighted by Crippen LogP contribution is 2.37. The summed E-state index contributed by atoms with van der Waals surface area (Å²) in [6.45, 7) is 3.82. The van der Waals surface area contributed by atoms with E-state index in [2.05, 4.69) is 5.32 Å². The van der Waals surface area contributed by atoms with E-state index in [0.29, 0.717) is 24.9 Å². The number of halogens is 1. The van der Waals surface area contributed by atoms with Crippen molar-refractivity contribution in [2.75, 3.05) is 26.7 Å². The number of nitrogens with one attached hydrogen (secondary N) is 1. The number of hydrogen-bond donors (Lipinski definition) is 1. The Hall–Kier alpha value is -1.19. The molecule has 0 bridgehead atoms. The third-order valence-corrected chi connectivity index (χ3v) is 7.69. The Morgan fingerprint density at radius 2 is 2.12 bits per heavy atom. The zero-order valence-corrected chi connectivity index (χ0v) is 17.2. The van der Waals surface area contributed by atoms with Crippen LogP contribution in [0.4, 0.5) is 0 Å². The Morgan fingerprint density at radius 3 is 2.73 bits per heavy atom. The predicted molar refractivity (Wildman–Crippen MR) is 106 cm³/mol. The Balaban J connectivity index is 0.00000243. The quantitative estimate of drug-likeness (QED) is 0.730. The van der Waals surface area contributed by atoms with Gasteiger partial charge in [-0.15, -0.1) is 23.7 Å². The Labute approximate surface area is 164 Å². The first-order valence-corrected chi connectivity index (χ1v) is 10.6. The minimum Gasteiger partial charge on any atom is -0.465 e. The second-order valence-electron chi connectivity index (χ2n) is 6.01. The molecule has 1 aliphatic rings. The van der Waals surface area contributed by atoms with Gasteiger partial charge in [0.15, 0.2) is 0 Å². The molecule has 1 aromatic carbocycles. The number of rotatable bonds is 6. The van der Waals surface area contributed by atoms with E-state index >= 15 is 0 Å². The summed E-state index contributed by atoms with van der Waals surface area (Å²) in [6, 6.07) is 7.11. The maximum absolute atomic E-state index is 13.5. The molecule has 0 radical (unpaired) electrons. The van der Waals surface area contributed by atoms with E-state index < -0.39 is 16.0 Å². The van der Waals surface area contributed by atoms with Crippen LogP contribution in [0.1, 0.15) is 29.4 Å². The Morgan fingerprint density at radius 1 is 1.38 bits per heavy atom. The fourth-order valence-electron chi connectivity index (χ4n) is 3.23. The van der Waals surface area contributed by atoms with Gasteiger partial charge in [0.25, 0.3) is 0 Å². The largest absolute Gasteiger partial charge is 0.465 e. The van der Waals surface area contributed by atoms with E-state index in [0.717, 1.165) is 17.7 Å². The third-order valence-electron chi connectivity index (χ3n) is 4.37. The number of sulfonamides is 1. The zero-order valence-electron chi connectivity index (χ0n) is 14.7. The average Bonchev–Trinajstić information content (AvgIpc) is 3.26. The molecule has 0 aliphatic carbocycles. The number of nitrogens with zero attached hydrogens (tertiary/aromatic N) is 1. The fourth-order valence-corrected chi connectivity index (χ4v) is 6.75. The third kappa shape index (κ3) is 3.75. The zero-order chi connectivity index (χ0) is 18.0. The van der Waals surface area contributed by atoms with Gasteiger partial charge in [0, 0.05) is 29.2 Å². The van der Waals surface area contributed by atoms with Crippen LogP contribution in [0.15, 0.2) is 29.2 Å². The van der Waals surface area contributed by atoms with E-state index in [1.54, 1.807) is 16.4 Å². The Bertz CT molecular complexity index is 876. The number of fused-ring (bicyclic) bond motifs is 1. The van der Waals surface area contributed by atoms with Gasteiger partial charge in [0.1, 0.15) is 9.77 Å². The van der Waals surface area contributed by atoms with Crippen LogP contribution in [0.3, 0.4) is 0 Å². The van der Waals surface area contributed by atoms with Gasteiger partial charge in [-0.3, -0.25) is 0 Å². The minimum absolute atomic E-state index is 0. The molecule has 6 nitrogen and oxygen atoms in total. The summed E-state index contributed by atoms with van der Waals surface area (Å²) in [5.41, 5.74) is 0. The number of carbonyl (C=O) groups excluding carboxylic acids is 1. The van der Waals surface area contributed by atoms with Gasteiger partial charge in [0.2, 0.25) is 10.0 Å². The van der Waals surface area contributed by atoms with Crippen molar-refractivity contribution in [3.63, 3.8) is 0 Å². The lowest BCUT2D eigenvalue weighted by Gasteiger charge is -2.27. The van der Waals surface area contributed by atoms with Gasteiger partial charge < -0.3 is 10.1 Å². The summed E-state index contributed by atoms with van der Waals surface area (Å²) < 4.78 is 34.2. The predicted octanol–water partition coefficient (Wildman–Crippen LogP) is 2.87. The number of carbonyl (C=O) groups is 1. The highest BCUT2D eigenvalue weighted by atomic mass is 35.5. The smallest absolute Gasteiger partial charge is 0.349 e.